The Morgan fingerprint density at radius 1 is 1.29 bits per heavy atom. The van der Waals surface area contributed by atoms with E-state index in [1.807, 2.05) is 0 Å². The molecule has 0 heterocycles. The number of allylic oxidation sites excluding steroid dienone is 1. The van der Waals surface area contributed by atoms with Gasteiger partial charge in [-0.3, -0.25) is 4.79 Å². The number of nitrogens with one attached hydrogen (secondary N) is 3. The van der Waals surface area contributed by atoms with Gasteiger partial charge in [0.05, 0.1) is 16.8 Å². The summed E-state index contributed by atoms with van der Waals surface area (Å²) in [5.41, 5.74) is 6.31. The summed E-state index contributed by atoms with van der Waals surface area (Å²) in [7, 11) is 1.77. The fraction of sp³-hybridized carbons (Fsp3) is 0.238. The van der Waals surface area contributed by atoms with E-state index in [2.05, 4.69) is 10.6 Å². The van der Waals surface area contributed by atoms with E-state index in [0.717, 1.165) is 18.9 Å². The van der Waals surface area contributed by atoms with Crippen LogP contribution in [0.1, 0.15) is 24.0 Å². The number of hydrogen-bond acceptors (Lipinski definition) is 4. The molecule has 1 fully saturated rings. The van der Waals surface area contributed by atoms with Crippen LogP contribution in [-0.4, -0.2) is 25.2 Å². The average molecular weight is 384 g/mol. The van der Waals surface area contributed by atoms with Crippen LogP contribution in [0.2, 0.25) is 0 Å². The molecule has 0 unspecified atom stereocenters. The molecule has 28 heavy (non-hydrogen) atoms. The van der Waals surface area contributed by atoms with E-state index in [9.17, 15) is 13.6 Å². The molecule has 1 saturated carbocycles. The van der Waals surface area contributed by atoms with E-state index < -0.39 is 11.2 Å². The highest BCUT2D eigenvalue weighted by molar-refractivity contribution is 6.12. The van der Waals surface area contributed by atoms with Crippen LogP contribution in [0.3, 0.4) is 0 Å². The summed E-state index contributed by atoms with van der Waals surface area (Å²) in [6, 6.07) is 8.38. The van der Waals surface area contributed by atoms with Gasteiger partial charge in [0.25, 0.3) is 0 Å². The Morgan fingerprint density at radius 3 is 2.68 bits per heavy atom. The van der Waals surface area contributed by atoms with Crippen LogP contribution >= 0.6 is 0 Å². The van der Waals surface area contributed by atoms with Gasteiger partial charge < -0.3 is 21.8 Å². The third kappa shape index (κ3) is 4.26. The van der Waals surface area contributed by atoms with Gasteiger partial charge in [0.15, 0.2) is 0 Å². The van der Waals surface area contributed by atoms with Gasteiger partial charge in [-0.15, -0.1) is 0 Å². The normalized spacial score (nSPS) is 14.8. The second-order valence-electron chi connectivity index (χ2n) is 6.99. The maximum atomic E-state index is 14.3. The zero-order valence-corrected chi connectivity index (χ0v) is 15.5. The lowest BCUT2D eigenvalue weighted by Crippen LogP contribution is -2.32. The molecule has 0 aromatic heterocycles. The van der Waals surface area contributed by atoms with Crippen molar-refractivity contribution in [2.24, 2.45) is 5.41 Å². The molecule has 3 rings (SSSR count). The molecule has 0 atom stereocenters. The summed E-state index contributed by atoms with van der Waals surface area (Å²) in [5.74, 6) is -1.29. The molecule has 1 aliphatic carbocycles. The number of amides is 1. The average Bonchev–Trinajstić information content (AvgIpc) is 3.43. The summed E-state index contributed by atoms with van der Waals surface area (Å²) in [5, 5.41) is 13.8. The number of carbonyl (C=O) groups excluding carboxylic acids is 1. The molecule has 5 nitrogen and oxygen atoms in total. The minimum absolute atomic E-state index is 0.0134. The molecule has 7 heteroatoms. The van der Waals surface area contributed by atoms with Gasteiger partial charge in [0, 0.05) is 17.8 Å². The van der Waals surface area contributed by atoms with Gasteiger partial charge in [0.1, 0.15) is 11.6 Å². The van der Waals surface area contributed by atoms with E-state index in [4.69, 9.17) is 11.1 Å². The number of nitrogens with two attached hydrogens (primary N) is 1. The monoisotopic (exact) mass is 384 g/mol. The number of halogens is 2. The van der Waals surface area contributed by atoms with Crippen molar-refractivity contribution in [2.45, 2.75) is 12.8 Å². The summed E-state index contributed by atoms with van der Waals surface area (Å²) >= 11 is 0. The zero-order valence-electron chi connectivity index (χ0n) is 15.5. The van der Waals surface area contributed by atoms with Crippen molar-refractivity contribution < 1.29 is 13.6 Å². The molecule has 2 aromatic carbocycles. The molecule has 5 N–H and O–H groups in total. The topological polar surface area (TPSA) is 91.0 Å². The number of rotatable bonds is 7. The van der Waals surface area contributed by atoms with Crippen molar-refractivity contribution in [3.63, 3.8) is 0 Å². The fourth-order valence-corrected chi connectivity index (χ4v) is 3.03. The first-order valence-electron chi connectivity index (χ1n) is 8.92. The van der Waals surface area contributed by atoms with Crippen molar-refractivity contribution in [3.05, 3.63) is 65.2 Å². The standard InChI is InChI=1S/C21H22F2N4O/c1-26-12-21(7-8-21)20(28)27-19-10-15(18(25)11-16(19)23)17(24)6-5-13-3-2-4-14(22)9-13/h2-6,9-11,24,26H,7-8,12,25H2,1H3,(H,27,28)/b6-5+,24-17?. The first-order valence-corrected chi connectivity index (χ1v) is 8.92. The molecular weight excluding hydrogens is 362 g/mol. The lowest BCUT2D eigenvalue weighted by atomic mass is 10.0. The SMILES string of the molecule is CNCC1(C(=O)Nc2cc(C(=N)/C=C/c3cccc(F)c3)c(N)cc2F)CC1. The summed E-state index contributed by atoms with van der Waals surface area (Å²) in [4.78, 5) is 12.5. The Labute approximate surface area is 162 Å². The fourth-order valence-electron chi connectivity index (χ4n) is 3.03. The third-order valence-corrected chi connectivity index (χ3v) is 4.82. The van der Waals surface area contributed by atoms with Crippen molar-refractivity contribution >= 4 is 29.1 Å². The molecule has 2 aromatic rings. The minimum Gasteiger partial charge on any atom is -0.398 e. The van der Waals surface area contributed by atoms with Crippen molar-refractivity contribution in [3.8, 4) is 0 Å². The minimum atomic E-state index is -0.656. The lowest BCUT2D eigenvalue weighted by Gasteiger charge is -2.16. The van der Waals surface area contributed by atoms with E-state index in [-0.39, 0.29) is 34.4 Å². The maximum absolute atomic E-state index is 14.3. The first kappa shape index (κ1) is 19.7. The molecular formula is C21H22F2N4O. The van der Waals surface area contributed by atoms with Crippen LogP contribution in [-0.2, 0) is 4.79 Å². The number of hydrogen-bond donors (Lipinski definition) is 4. The second-order valence-corrected chi connectivity index (χ2v) is 6.99. The number of nitrogen functional groups attached to an aromatic ring is 1. The van der Waals surface area contributed by atoms with Crippen LogP contribution in [0.5, 0.6) is 0 Å². The van der Waals surface area contributed by atoms with Crippen LogP contribution in [0, 0.1) is 22.5 Å². The Morgan fingerprint density at radius 2 is 2.04 bits per heavy atom. The van der Waals surface area contributed by atoms with Gasteiger partial charge in [-0.1, -0.05) is 18.2 Å². The maximum Gasteiger partial charge on any atom is 0.231 e. The molecule has 1 amide bonds. The summed E-state index contributed by atoms with van der Waals surface area (Å²) in [6.45, 7) is 0.522. The predicted molar refractivity (Wildman–Crippen MR) is 107 cm³/mol. The number of anilines is 2. The zero-order chi connectivity index (χ0) is 20.3. The van der Waals surface area contributed by atoms with Gasteiger partial charge in [-0.25, -0.2) is 8.78 Å². The van der Waals surface area contributed by atoms with Crippen LogP contribution in [0.15, 0.2) is 42.5 Å². The highest BCUT2D eigenvalue weighted by Crippen LogP contribution is 2.46. The lowest BCUT2D eigenvalue weighted by molar-refractivity contribution is -0.121. The molecule has 146 valence electrons. The summed E-state index contributed by atoms with van der Waals surface area (Å²) < 4.78 is 27.6. The third-order valence-electron chi connectivity index (χ3n) is 4.82. The van der Waals surface area contributed by atoms with Crippen LogP contribution < -0.4 is 16.4 Å². The molecule has 0 spiro atoms. The molecule has 0 radical (unpaired) electrons. The first-order chi connectivity index (χ1) is 13.3. The summed E-state index contributed by atoms with van der Waals surface area (Å²) in [6.07, 6.45) is 4.51. The van der Waals surface area contributed by atoms with Gasteiger partial charge in [-0.05, 0) is 55.8 Å². The highest BCUT2D eigenvalue weighted by Gasteiger charge is 2.49. The Kier molecular flexibility index (Phi) is 5.56. The van der Waals surface area contributed by atoms with Gasteiger partial charge >= 0.3 is 0 Å². The Balaban J connectivity index is 1.81. The predicted octanol–water partition coefficient (Wildman–Crippen LogP) is 3.57. The van der Waals surface area contributed by atoms with Crippen molar-refractivity contribution in [1.82, 2.24) is 5.32 Å². The Bertz CT molecular complexity index is 951. The molecule has 0 bridgehead atoms. The van der Waals surface area contributed by atoms with E-state index >= 15 is 0 Å². The molecule has 0 saturated heterocycles. The van der Waals surface area contributed by atoms with E-state index in [1.165, 1.54) is 24.3 Å². The quantitative estimate of drug-likeness (QED) is 0.434. The smallest absolute Gasteiger partial charge is 0.231 e. The highest BCUT2D eigenvalue weighted by atomic mass is 19.1. The largest absolute Gasteiger partial charge is 0.398 e. The Hall–Kier alpha value is -3.06. The molecule has 1 aliphatic rings. The van der Waals surface area contributed by atoms with Gasteiger partial charge in [0.2, 0.25) is 5.91 Å². The second kappa shape index (κ2) is 7.90. The van der Waals surface area contributed by atoms with Gasteiger partial charge in [-0.2, -0.15) is 0 Å². The number of benzene rings is 2. The van der Waals surface area contributed by atoms with Crippen LogP contribution in [0.25, 0.3) is 6.08 Å². The molecule has 0 aliphatic heterocycles. The number of carbonyl (C=O) groups is 1. The van der Waals surface area contributed by atoms with Crippen molar-refractivity contribution in [1.29, 1.82) is 5.41 Å². The van der Waals surface area contributed by atoms with Crippen molar-refractivity contribution in [2.75, 3.05) is 24.6 Å². The van der Waals surface area contributed by atoms with Crippen LogP contribution in [0.4, 0.5) is 20.2 Å². The van der Waals surface area contributed by atoms with E-state index in [0.29, 0.717) is 12.1 Å². The van der Waals surface area contributed by atoms with E-state index in [1.54, 1.807) is 25.3 Å².